The Labute approximate surface area is 138 Å². The van der Waals surface area contributed by atoms with Gasteiger partial charge in [-0.25, -0.2) is 0 Å². The van der Waals surface area contributed by atoms with Gasteiger partial charge in [0.2, 0.25) is 0 Å². The van der Waals surface area contributed by atoms with Crippen molar-refractivity contribution in [3.8, 4) is 22.3 Å². The van der Waals surface area contributed by atoms with E-state index in [0.717, 1.165) is 12.2 Å². The summed E-state index contributed by atoms with van der Waals surface area (Å²) in [5, 5.41) is 0. The number of thiol groups is 1. The molecule has 0 heterocycles. The molecule has 0 bridgehead atoms. The van der Waals surface area contributed by atoms with Gasteiger partial charge < -0.3 is 0 Å². The first-order valence-electron chi connectivity index (χ1n) is 7.71. The molecule has 0 aromatic heterocycles. The molecular weight excluding hydrogens is 284 g/mol. The molecule has 0 spiro atoms. The zero-order valence-corrected chi connectivity index (χ0v) is 13.7. The Hall–Kier alpha value is -1.99. The quantitative estimate of drug-likeness (QED) is 0.560. The lowest BCUT2D eigenvalue weighted by atomic mass is 9.89. The van der Waals surface area contributed by atoms with Crippen LogP contribution < -0.4 is 0 Å². The highest BCUT2D eigenvalue weighted by Crippen LogP contribution is 2.34. The van der Waals surface area contributed by atoms with Gasteiger partial charge in [-0.15, -0.1) is 0 Å². The Morgan fingerprint density at radius 1 is 0.636 bits per heavy atom. The summed E-state index contributed by atoms with van der Waals surface area (Å²) in [6.07, 6.45) is 1.01. The highest BCUT2D eigenvalue weighted by molar-refractivity contribution is 7.79. The molecule has 0 N–H and O–H groups in total. The minimum atomic E-state index is 0.758. The van der Waals surface area contributed by atoms with E-state index in [1.807, 2.05) is 0 Å². The van der Waals surface area contributed by atoms with Crippen LogP contribution in [0.2, 0.25) is 0 Å². The monoisotopic (exact) mass is 304 g/mol. The SMILES string of the molecule is CCc1c(-c2ccccc2)ccc(-c2ccccc2)c1CS. The van der Waals surface area contributed by atoms with E-state index in [1.54, 1.807) is 0 Å². The van der Waals surface area contributed by atoms with Crippen molar-refractivity contribution in [2.75, 3.05) is 0 Å². The molecule has 0 nitrogen and oxygen atoms in total. The van der Waals surface area contributed by atoms with Gasteiger partial charge in [-0.05, 0) is 39.8 Å². The Balaban J connectivity index is 2.21. The molecule has 0 fully saturated rings. The Morgan fingerprint density at radius 2 is 1.09 bits per heavy atom. The normalized spacial score (nSPS) is 10.6. The van der Waals surface area contributed by atoms with Crippen molar-refractivity contribution in [2.24, 2.45) is 0 Å². The van der Waals surface area contributed by atoms with Gasteiger partial charge in [-0.1, -0.05) is 79.7 Å². The van der Waals surface area contributed by atoms with Gasteiger partial charge in [0.15, 0.2) is 0 Å². The largest absolute Gasteiger partial charge is 0.175 e. The summed E-state index contributed by atoms with van der Waals surface area (Å²) in [7, 11) is 0. The smallest absolute Gasteiger partial charge is 0.0163 e. The number of hydrogen-bond donors (Lipinski definition) is 1. The maximum atomic E-state index is 4.61. The molecule has 0 saturated carbocycles. The first-order chi connectivity index (χ1) is 10.8. The van der Waals surface area contributed by atoms with E-state index >= 15 is 0 Å². The molecule has 0 aliphatic heterocycles. The predicted molar refractivity (Wildman–Crippen MR) is 99.4 cm³/mol. The minimum Gasteiger partial charge on any atom is -0.175 e. The molecule has 110 valence electrons. The molecule has 0 unspecified atom stereocenters. The van der Waals surface area contributed by atoms with Crippen LogP contribution in [0.15, 0.2) is 72.8 Å². The second-order valence-electron chi connectivity index (χ2n) is 5.36. The predicted octanol–water partition coefficient (Wildman–Crippen LogP) is 6.01. The third-order valence-electron chi connectivity index (χ3n) is 4.11. The first-order valence-corrected chi connectivity index (χ1v) is 8.34. The molecule has 0 atom stereocenters. The summed E-state index contributed by atoms with van der Waals surface area (Å²) < 4.78 is 0. The fraction of sp³-hybridized carbons (Fsp3) is 0.143. The molecule has 0 saturated heterocycles. The molecule has 0 amide bonds. The van der Waals surface area contributed by atoms with Gasteiger partial charge in [-0.2, -0.15) is 12.6 Å². The van der Waals surface area contributed by atoms with E-state index in [0.29, 0.717) is 0 Å². The Morgan fingerprint density at radius 3 is 1.50 bits per heavy atom. The van der Waals surface area contributed by atoms with Crippen LogP contribution in [-0.4, -0.2) is 0 Å². The number of hydrogen-bond acceptors (Lipinski definition) is 1. The fourth-order valence-corrected chi connectivity index (χ4v) is 3.41. The van der Waals surface area contributed by atoms with Crippen LogP contribution >= 0.6 is 12.6 Å². The minimum absolute atomic E-state index is 0.758. The van der Waals surface area contributed by atoms with Crippen molar-refractivity contribution in [1.29, 1.82) is 0 Å². The van der Waals surface area contributed by atoms with Crippen LogP contribution in [0.3, 0.4) is 0 Å². The molecule has 3 aromatic carbocycles. The Bertz CT molecular complexity index is 679. The lowest BCUT2D eigenvalue weighted by molar-refractivity contribution is 1.11. The lowest BCUT2D eigenvalue weighted by Crippen LogP contribution is -1.98. The zero-order chi connectivity index (χ0) is 15.4. The van der Waals surface area contributed by atoms with Crippen molar-refractivity contribution in [3.63, 3.8) is 0 Å². The van der Waals surface area contributed by atoms with Gasteiger partial charge in [0, 0.05) is 5.75 Å². The van der Waals surface area contributed by atoms with E-state index in [9.17, 15) is 0 Å². The molecule has 1 heteroatoms. The zero-order valence-electron chi connectivity index (χ0n) is 12.8. The van der Waals surface area contributed by atoms with Crippen molar-refractivity contribution in [2.45, 2.75) is 19.1 Å². The summed E-state index contributed by atoms with van der Waals surface area (Å²) in [6.45, 7) is 2.23. The summed E-state index contributed by atoms with van der Waals surface area (Å²) >= 11 is 4.61. The van der Waals surface area contributed by atoms with Crippen molar-refractivity contribution < 1.29 is 0 Å². The van der Waals surface area contributed by atoms with E-state index in [2.05, 4.69) is 92.3 Å². The van der Waals surface area contributed by atoms with E-state index < -0.39 is 0 Å². The second-order valence-corrected chi connectivity index (χ2v) is 5.68. The van der Waals surface area contributed by atoms with Gasteiger partial charge in [0.05, 0.1) is 0 Å². The summed E-state index contributed by atoms with van der Waals surface area (Å²) in [5.74, 6) is 0.758. The standard InChI is InChI=1S/C21H20S/c1-2-18-19(16-9-5-3-6-10-16)13-14-20(21(18)15-22)17-11-7-4-8-12-17/h3-14,22H,2,15H2,1H3. The summed E-state index contributed by atoms with van der Waals surface area (Å²) in [5.41, 5.74) is 7.92. The maximum Gasteiger partial charge on any atom is 0.0163 e. The van der Waals surface area contributed by atoms with Crippen LogP contribution in [0, 0.1) is 0 Å². The fourth-order valence-electron chi connectivity index (χ4n) is 3.05. The van der Waals surface area contributed by atoms with Crippen LogP contribution in [0.1, 0.15) is 18.1 Å². The average Bonchev–Trinajstić information content (AvgIpc) is 2.61. The van der Waals surface area contributed by atoms with Gasteiger partial charge >= 0.3 is 0 Å². The maximum absolute atomic E-state index is 4.61. The van der Waals surface area contributed by atoms with Gasteiger partial charge in [0.25, 0.3) is 0 Å². The number of rotatable bonds is 4. The highest BCUT2D eigenvalue weighted by Gasteiger charge is 2.13. The highest BCUT2D eigenvalue weighted by atomic mass is 32.1. The van der Waals surface area contributed by atoms with Gasteiger partial charge in [0.1, 0.15) is 0 Å². The van der Waals surface area contributed by atoms with Crippen molar-refractivity contribution >= 4 is 12.6 Å². The molecule has 0 aliphatic carbocycles. The molecule has 0 aliphatic rings. The van der Waals surface area contributed by atoms with Crippen LogP contribution in [0.4, 0.5) is 0 Å². The summed E-state index contributed by atoms with van der Waals surface area (Å²) in [6, 6.07) is 25.7. The molecule has 3 aromatic rings. The lowest BCUT2D eigenvalue weighted by Gasteiger charge is -2.17. The molecule has 0 radical (unpaired) electrons. The van der Waals surface area contributed by atoms with Crippen molar-refractivity contribution in [1.82, 2.24) is 0 Å². The van der Waals surface area contributed by atoms with Crippen molar-refractivity contribution in [3.05, 3.63) is 83.9 Å². The van der Waals surface area contributed by atoms with E-state index in [1.165, 1.54) is 33.4 Å². The van der Waals surface area contributed by atoms with Gasteiger partial charge in [-0.3, -0.25) is 0 Å². The molecule has 3 rings (SSSR count). The second kappa shape index (κ2) is 6.85. The van der Waals surface area contributed by atoms with Crippen LogP contribution in [-0.2, 0) is 12.2 Å². The first kappa shape index (κ1) is 14.9. The topological polar surface area (TPSA) is 0 Å². The van der Waals surface area contributed by atoms with E-state index in [4.69, 9.17) is 0 Å². The number of benzene rings is 3. The molecular formula is C21H20S. The molecule has 22 heavy (non-hydrogen) atoms. The third-order valence-corrected chi connectivity index (χ3v) is 4.43. The third kappa shape index (κ3) is 2.82. The van der Waals surface area contributed by atoms with Crippen LogP contribution in [0.5, 0.6) is 0 Å². The van der Waals surface area contributed by atoms with E-state index in [-0.39, 0.29) is 0 Å². The average molecular weight is 304 g/mol. The Kier molecular flexibility index (Phi) is 4.65. The summed E-state index contributed by atoms with van der Waals surface area (Å²) in [4.78, 5) is 0. The van der Waals surface area contributed by atoms with Crippen LogP contribution in [0.25, 0.3) is 22.3 Å².